The molecule has 2 N–H and O–H groups in total. The summed E-state index contributed by atoms with van der Waals surface area (Å²) in [6, 6.07) is 26.8. The number of halogens is 1. The summed E-state index contributed by atoms with van der Waals surface area (Å²) in [4.78, 5) is 37.7. The van der Waals surface area contributed by atoms with Gasteiger partial charge in [-0.15, -0.1) is 0 Å². The fraction of sp³-hybridized carbons (Fsp3) is 0.0345. The number of nitrogens with one attached hydrogen (secondary N) is 2. The lowest BCUT2D eigenvalue weighted by atomic mass is 10.1. The van der Waals surface area contributed by atoms with Gasteiger partial charge in [0.2, 0.25) is 0 Å². The van der Waals surface area contributed by atoms with Gasteiger partial charge in [-0.05, 0) is 78.9 Å². The van der Waals surface area contributed by atoms with Crippen LogP contribution in [0.5, 0.6) is 11.5 Å². The quantitative estimate of drug-likeness (QED) is 0.122. The second-order valence-corrected chi connectivity index (χ2v) is 8.81. The van der Waals surface area contributed by atoms with Crippen LogP contribution >= 0.6 is 15.9 Å². The smallest absolute Gasteiger partial charge is 0.343 e. The molecule has 0 aliphatic rings. The molecule has 0 spiro atoms. The maximum Gasteiger partial charge on any atom is 0.343 e. The molecular formula is C29H22BrN3O5. The van der Waals surface area contributed by atoms with Gasteiger partial charge >= 0.3 is 5.97 Å². The predicted molar refractivity (Wildman–Crippen MR) is 148 cm³/mol. The summed E-state index contributed by atoms with van der Waals surface area (Å²) in [6.45, 7) is 0. The Morgan fingerprint density at radius 2 is 1.50 bits per heavy atom. The lowest BCUT2D eigenvalue weighted by Crippen LogP contribution is -2.18. The molecule has 0 heterocycles. The fourth-order valence-electron chi connectivity index (χ4n) is 3.33. The number of esters is 1. The number of rotatable bonds is 8. The molecule has 38 heavy (non-hydrogen) atoms. The molecule has 0 radical (unpaired) electrons. The average molecular weight is 572 g/mol. The van der Waals surface area contributed by atoms with Crippen molar-refractivity contribution in [3.63, 3.8) is 0 Å². The van der Waals surface area contributed by atoms with Gasteiger partial charge in [0, 0.05) is 26.9 Å². The van der Waals surface area contributed by atoms with Gasteiger partial charge in [-0.1, -0.05) is 34.1 Å². The minimum absolute atomic E-state index is 0.281. The summed E-state index contributed by atoms with van der Waals surface area (Å²) in [6.07, 6.45) is 1.38. The molecule has 8 nitrogen and oxygen atoms in total. The molecule has 4 aromatic carbocycles. The molecule has 190 valence electrons. The Hall–Kier alpha value is -4.76. The summed E-state index contributed by atoms with van der Waals surface area (Å²) in [5.74, 6) is -0.409. The Morgan fingerprint density at radius 3 is 2.24 bits per heavy atom. The number of carbonyl (C=O) groups excluding carboxylic acids is 3. The highest BCUT2D eigenvalue weighted by Gasteiger charge is 2.12. The molecule has 0 unspecified atom stereocenters. The largest absolute Gasteiger partial charge is 0.497 e. The third-order valence-corrected chi connectivity index (χ3v) is 5.83. The summed E-state index contributed by atoms with van der Waals surface area (Å²) in [7, 11) is 1.54. The van der Waals surface area contributed by atoms with E-state index in [9.17, 15) is 14.4 Å². The lowest BCUT2D eigenvalue weighted by Gasteiger charge is -2.08. The van der Waals surface area contributed by atoms with E-state index in [1.807, 2.05) is 0 Å². The third kappa shape index (κ3) is 6.92. The third-order valence-electron chi connectivity index (χ3n) is 5.31. The minimum Gasteiger partial charge on any atom is -0.497 e. The summed E-state index contributed by atoms with van der Waals surface area (Å²) in [5, 5.41) is 6.78. The van der Waals surface area contributed by atoms with Crippen LogP contribution in [-0.2, 0) is 0 Å². The molecule has 0 saturated carbocycles. The van der Waals surface area contributed by atoms with E-state index in [4.69, 9.17) is 9.47 Å². The van der Waals surface area contributed by atoms with E-state index in [2.05, 4.69) is 31.8 Å². The average Bonchev–Trinajstić information content (AvgIpc) is 2.94. The second kappa shape index (κ2) is 12.5. The number of benzene rings is 4. The molecule has 0 fully saturated rings. The Morgan fingerprint density at radius 1 is 0.789 bits per heavy atom. The number of carbonyl (C=O) groups is 3. The molecule has 0 bridgehead atoms. The van der Waals surface area contributed by atoms with Crippen molar-refractivity contribution < 1.29 is 23.9 Å². The van der Waals surface area contributed by atoms with Crippen molar-refractivity contribution in [2.45, 2.75) is 0 Å². The van der Waals surface area contributed by atoms with Crippen LogP contribution in [0.2, 0.25) is 0 Å². The highest BCUT2D eigenvalue weighted by Crippen LogP contribution is 2.19. The van der Waals surface area contributed by atoms with Gasteiger partial charge < -0.3 is 14.8 Å². The minimum atomic E-state index is -0.542. The van der Waals surface area contributed by atoms with Crippen molar-refractivity contribution in [2.24, 2.45) is 5.10 Å². The van der Waals surface area contributed by atoms with E-state index in [1.54, 1.807) is 104 Å². The van der Waals surface area contributed by atoms with E-state index in [-0.39, 0.29) is 11.7 Å². The number of ether oxygens (including phenoxy) is 2. The van der Waals surface area contributed by atoms with Crippen LogP contribution in [0.3, 0.4) is 0 Å². The van der Waals surface area contributed by atoms with Crippen LogP contribution in [0.1, 0.15) is 36.6 Å². The van der Waals surface area contributed by atoms with E-state index >= 15 is 0 Å². The number of hydrogen-bond donors (Lipinski definition) is 2. The number of amides is 2. The van der Waals surface area contributed by atoms with Crippen LogP contribution in [-0.4, -0.2) is 31.1 Å². The molecule has 9 heteroatoms. The van der Waals surface area contributed by atoms with Gasteiger partial charge in [0.25, 0.3) is 11.8 Å². The number of hydrogen-bond acceptors (Lipinski definition) is 6. The van der Waals surface area contributed by atoms with Gasteiger partial charge in [0.15, 0.2) is 0 Å². The molecule has 0 aliphatic heterocycles. The topological polar surface area (TPSA) is 106 Å². The van der Waals surface area contributed by atoms with Crippen molar-refractivity contribution in [2.75, 3.05) is 12.4 Å². The first-order valence-electron chi connectivity index (χ1n) is 11.4. The standard InChI is InChI=1S/C29H22BrN3O5/c1-37-25-15-11-20(12-16-25)29(36)38-26-8-3-2-5-22(26)18-31-33-28(35)21-6-4-7-24(17-21)32-27(34)19-9-13-23(30)14-10-19/h2-18H,1H3,(H,32,34)(H,33,35). The summed E-state index contributed by atoms with van der Waals surface area (Å²) < 4.78 is 11.5. The van der Waals surface area contributed by atoms with Crippen molar-refractivity contribution in [3.8, 4) is 11.5 Å². The molecule has 2 amide bonds. The first kappa shape index (κ1) is 26.3. The normalized spacial score (nSPS) is 10.6. The molecule has 0 saturated heterocycles. The van der Waals surface area contributed by atoms with E-state index in [0.29, 0.717) is 33.7 Å². The highest BCUT2D eigenvalue weighted by atomic mass is 79.9. The molecular weight excluding hydrogens is 550 g/mol. The number of nitrogens with zero attached hydrogens (tertiary/aromatic N) is 1. The van der Waals surface area contributed by atoms with Gasteiger partial charge in [0.05, 0.1) is 18.9 Å². The van der Waals surface area contributed by atoms with Crippen molar-refractivity contribution in [1.82, 2.24) is 5.43 Å². The first-order chi connectivity index (χ1) is 18.4. The highest BCUT2D eigenvalue weighted by molar-refractivity contribution is 9.10. The van der Waals surface area contributed by atoms with E-state index in [1.165, 1.54) is 6.21 Å². The zero-order valence-corrected chi connectivity index (χ0v) is 21.8. The van der Waals surface area contributed by atoms with Crippen molar-refractivity contribution in [3.05, 3.63) is 124 Å². The number of para-hydroxylation sites is 1. The maximum absolute atomic E-state index is 12.6. The molecule has 0 atom stereocenters. The van der Waals surface area contributed by atoms with Crippen LogP contribution in [0.25, 0.3) is 0 Å². The Kier molecular flexibility index (Phi) is 8.63. The fourth-order valence-corrected chi connectivity index (χ4v) is 3.60. The van der Waals surface area contributed by atoms with Crippen molar-refractivity contribution >= 4 is 45.6 Å². The zero-order chi connectivity index (χ0) is 26.9. The monoisotopic (exact) mass is 571 g/mol. The number of methoxy groups -OCH3 is 1. The van der Waals surface area contributed by atoms with Crippen LogP contribution in [0.4, 0.5) is 5.69 Å². The van der Waals surface area contributed by atoms with Gasteiger partial charge in [-0.25, -0.2) is 10.2 Å². The number of hydrazone groups is 1. The second-order valence-electron chi connectivity index (χ2n) is 7.90. The van der Waals surface area contributed by atoms with Crippen LogP contribution < -0.4 is 20.2 Å². The Labute approximate surface area is 227 Å². The lowest BCUT2D eigenvalue weighted by molar-refractivity contribution is 0.0734. The van der Waals surface area contributed by atoms with Crippen molar-refractivity contribution in [1.29, 1.82) is 0 Å². The van der Waals surface area contributed by atoms with Gasteiger partial charge in [-0.3, -0.25) is 9.59 Å². The Bertz CT molecular complexity index is 1490. The Balaban J connectivity index is 1.39. The zero-order valence-electron chi connectivity index (χ0n) is 20.2. The molecule has 4 aromatic rings. The van der Waals surface area contributed by atoms with E-state index in [0.717, 1.165) is 4.47 Å². The molecule has 0 aromatic heterocycles. The SMILES string of the molecule is COc1ccc(C(=O)Oc2ccccc2C=NNC(=O)c2cccc(NC(=O)c3ccc(Br)cc3)c2)cc1. The molecule has 0 aliphatic carbocycles. The maximum atomic E-state index is 12.6. The van der Waals surface area contributed by atoms with E-state index < -0.39 is 11.9 Å². The van der Waals surface area contributed by atoms with Crippen LogP contribution in [0, 0.1) is 0 Å². The summed E-state index contributed by atoms with van der Waals surface area (Å²) >= 11 is 3.34. The van der Waals surface area contributed by atoms with Gasteiger partial charge in [0.1, 0.15) is 11.5 Å². The van der Waals surface area contributed by atoms with Gasteiger partial charge in [-0.2, -0.15) is 5.10 Å². The van der Waals surface area contributed by atoms with Crippen LogP contribution in [0.15, 0.2) is 107 Å². The predicted octanol–water partition coefficient (Wildman–Crippen LogP) is 5.69. The summed E-state index contributed by atoms with van der Waals surface area (Å²) in [5.41, 5.74) is 4.55. The molecule has 4 rings (SSSR count). The first-order valence-corrected chi connectivity index (χ1v) is 12.2. The number of anilines is 1.